The summed E-state index contributed by atoms with van der Waals surface area (Å²) in [6.45, 7) is 0. The summed E-state index contributed by atoms with van der Waals surface area (Å²) >= 11 is 0. The van der Waals surface area contributed by atoms with Crippen molar-refractivity contribution in [3.05, 3.63) is 30.1 Å². The first-order valence-corrected chi connectivity index (χ1v) is 7.34. The Bertz CT molecular complexity index is 608. The molecule has 1 aromatic carbocycles. The second-order valence-corrected chi connectivity index (χ2v) is 6.18. The lowest BCUT2D eigenvalue weighted by Crippen LogP contribution is -2.18. The maximum Gasteiger partial charge on any atom is 0.112 e. The van der Waals surface area contributed by atoms with E-state index in [9.17, 15) is 5.11 Å². The van der Waals surface area contributed by atoms with Crippen LogP contribution in [-0.2, 0) is 13.5 Å². The third kappa shape index (κ3) is 1.71. The van der Waals surface area contributed by atoms with Crippen molar-refractivity contribution in [3.63, 3.8) is 0 Å². The molecule has 0 aliphatic heterocycles. The highest BCUT2D eigenvalue weighted by Gasteiger charge is 2.55. The zero-order chi connectivity index (χ0) is 13.0. The highest BCUT2D eigenvalue weighted by Crippen LogP contribution is 2.59. The van der Waals surface area contributed by atoms with Crippen molar-refractivity contribution < 1.29 is 5.11 Å². The van der Waals surface area contributed by atoms with Crippen LogP contribution in [0.3, 0.4) is 0 Å². The van der Waals surface area contributed by atoms with Crippen LogP contribution in [0.1, 0.15) is 25.1 Å². The molecule has 3 atom stereocenters. The van der Waals surface area contributed by atoms with E-state index in [0.717, 1.165) is 28.7 Å². The van der Waals surface area contributed by atoms with Gasteiger partial charge in [0.2, 0.25) is 0 Å². The van der Waals surface area contributed by atoms with Crippen LogP contribution in [0.25, 0.3) is 11.0 Å². The number of aromatic nitrogens is 2. The predicted octanol–water partition coefficient (Wildman–Crippen LogP) is 2.52. The Morgan fingerprint density at radius 1 is 1.32 bits per heavy atom. The number of imidazole rings is 1. The van der Waals surface area contributed by atoms with E-state index in [2.05, 4.69) is 15.6 Å². The summed E-state index contributed by atoms with van der Waals surface area (Å²) in [5.74, 6) is 3.18. The zero-order valence-corrected chi connectivity index (χ0v) is 11.3. The molecule has 0 bridgehead atoms. The number of aliphatic hydroxyl groups excluding tert-OH is 1. The van der Waals surface area contributed by atoms with Crippen LogP contribution in [0.2, 0.25) is 0 Å². The van der Waals surface area contributed by atoms with Crippen LogP contribution >= 0.6 is 0 Å². The van der Waals surface area contributed by atoms with Gasteiger partial charge < -0.3 is 9.67 Å². The van der Waals surface area contributed by atoms with E-state index in [1.807, 2.05) is 25.2 Å². The van der Waals surface area contributed by atoms with Gasteiger partial charge in [0, 0.05) is 13.5 Å². The molecule has 4 rings (SSSR count). The van der Waals surface area contributed by atoms with E-state index < -0.39 is 0 Å². The van der Waals surface area contributed by atoms with Crippen molar-refractivity contribution in [2.75, 3.05) is 0 Å². The molecule has 0 saturated heterocycles. The molecule has 0 spiro atoms. The molecule has 0 radical (unpaired) electrons. The quantitative estimate of drug-likeness (QED) is 0.916. The third-order valence-corrected chi connectivity index (χ3v) is 5.19. The van der Waals surface area contributed by atoms with Gasteiger partial charge in [-0.25, -0.2) is 4.98 Å². The third-order valence-electron chi connectivity index (χ3n) is 5.19. The van der Waals surface area contributed by atoms with Gasteiger partial charge in [0.25, 0.3) is 0 Å². The molecule has 3 unspecified atom stereocenters. The molecular formula is C16H20N2O. The standard InChI is InChI=1S/C16H20N2O/c1-18-13-8-3-2-7-12(13)17-15(18)9-14(19)16-10-5-4-6-11(10)16/h2-3,7-8,10-11,14,16,19H,4-6,9H2,1H3. The zero-order valence-electron chi connectivity index (χ0n) is 11.3. The van der Waals surface area contributed by atoms with Crippen molar-refractivity contribution >= 4 is 11.0 Å². The van der Waals surface area contributed by atoms with Gasteiger partial charge in [0.15, 0.2) is 0 Å². The number of hydrogen-bond acceptors (Lipinski definition) is 2. The summed E-state index contributed by atoms with van der Waals surface area (Å²) in [6.07, 6.45) is 4.52. The van der Waals surface area contributed by atoms with Gasteiger partial charge in [-0.3, -0.25) is 0 Å². The van der Waals surface area contributed by atoms with Gasteiger partial charge >= 0.3 is 0 Å². The van der Waals surface area contributed by atoms with Crippen LogP contribution in [0.5, 0.6) is 0 Å². The van der Waals surface area contributed by atoms with E-state index in [-0.39, 0.29) is 6.10 Å². The fraction of sp³-hybridized carbons (Fsp3) is 0.562. The molecule has 19 heavy (non-hydrogen) atoms. The number of rotatable bonds is 3. The highest BCUT2D eigenvalue weighted by molar-refractivity contribution is 5.75. The summed E-state index contributed by atoms with van der Waals surface area (Å²) < 4.78 is 2.12. The molecule has 3 nitrogen and oxygen atoms in total. The van der Waals surface area contributed by atoms with E-state index in [1.165, 1.54) is 19.3 Å². The monoisotopic (exact) mass is 256 g/mol. The number of benzene rings is 1. The van der Waals surface area contributed by atoms with E-state index in [4.69, 9.17) is 0 Å². The van der Waals surface area contributed by atoms with Crippen LogP contribution in [-0.4, -0.2) is 20.8 Å². The second kappa shape index (κ2) is 4.07. The van der Waals surface area contributed by atoms with E-state index in [1.54, 1.807) is 0 Å². The Balaban J connectivity index is 1.56. The number of hydrogen-bond donors (Lipinski definition) is 1. The van der Waals surface area contributed by atoms with Gasteiger partial charge in [0.05, 0.1) is 17.1 Å². The molecule has 2 aromatic rings. The Morgan fingerprint density at radius 3 is 2.79 bits per heavy atom. The average Bonchev–Trinajstić information content (AvgIpc) is 2.77. The lowest BCUT2D eigenvalue weighted by Gasteiger charge is -2.12. The molecule has 2 fully saturated rings. The Kier molecular flexibility index (Phi) is 2.46. The summed E-state index contributed by atoms with van der Waals surface area (Å²) in [4.78, 5) is 4.66. The van der Waals surface area contributed by atoms with Crippen LogP contribution in [0.15, 0.2) is 24.3 Å². The SMILES string of the molecule is Cn1c(CC(O)C2C3CCCC32)nc2ccccc21. The summed E-state index contributed by atoms with van der Waals surface area (Å²) in [5, 5.41) is 10.4. The molecule has 1 aromatic heterocycles. The number of aryl methyl sites for hydroxylation is 1. The minimum atomic E-state index is -0.203. The lowest BCUT2D eigenvalue weighted by molar-refractivity contribution is 0.133. The fourth-order valence-electron chi connectivity index (χ4n) is 4.15. The van der Waals surface area contributed by atoms with Crippen LogP contribution < -0.4 is 0 Å². The molecular weight excluding hydrogens is 236 g/mol. The predicted molar refractivity (Wildman–Crippen MR) is 74.7 cm³/mol. The summed E-state index contributed by atoms with van der Waals surface area (Å²) in [5.41, 5.74) is 2.18. The van der Waals surface area contributed by atoms with Crippen LogP contribution in [0, 0.1) is 17.8 Å². The molecule has 100 valence electrons. The molecule has 2 aliphatic carbocycles. The maximum absolute atomic E-state index is 10.4. The smallest absolute Gasteiger partial charge is 0.112 e. The summed E-state index contributed by atoms with van der Waals surface area (Å²) in [6, 6.07) is 8.18. The van der Waals surface area contributed by atoms with Crippen molar-refractivity contribution in [1.82, 2.24) is 9.55 Å². The van der Waals surface area contributed by atoms with Crippen molar-refractivity contribution in [2.45, 2.75) is 31.8 Å². The first-order chi connectivity index (χ1) is 9.25. The minimum absolute atomic E-state index is 0.203. The highest BCUT2D eigenvalue weighted by atomic mass is 16.3. The Labute approximate surface area is 113 Å². The van der Waals surface area contributed by atoms with Crippen molar-refractivity contribution in [1.29, 1.82) is 0 Å². The first-order valence-electron chi connectivity index (χ1n) is 7.34. The number of fused-ring (bicyclic) bond motifs is 2. The molecule has 0 amide bonds. The van der Waals surface area contributed by atoms with Crippen LogP contribution in [0.4, 0.5) is 0 Å². The van der Waals surface area contributed by atoms with Gasteiger partial charge in [0.1, 0.15) is 5.82 Å². The first kappa shape index (κ1) is 11.5. The maximum atomic E-state index is 10.4. The van der Waals surface area contributed by atoms with Gasteiger partial charge in [-0.2, -0.15) is 0 Å². The lowest BCUT2D eigenvalue weighted by atomic mass is 10.0. The molecule has 2 saturated carbocycles. The number of nitrogens with zero attached hydrogens (tertiary/aromatic N) is 2. The second-order valence-electron chi connectivity index (χ2n) is 6.18. The normalized spacial score (nSPS) is 30.5. The Morgan fingerprint density at radius 2 is 2.05 bits per heavy atom. The number of aliphatic hydroxyl groups is 1. The Hall–Kier alpha value is -1.35. The van der Waals surface area contributed by atoms with Gasteiger partial charge in [-0.15, -0.1) is 0 Å². The average molecular weight is 256 g/mol. The van der Waals surface area contributed by atoms with E-state index >= 15 is 0 Å². The largest absolute Gasteiger partial charge is 0.392 e. The molecule has 2 aliphatic rings. The number of para-hydroxylation sites is 2. The topological polar surface area (TPSA) is 38.0 Å². The summed E-state index contributed by atoms with van der Waals surface area (Å²) in [7, 11) is 2.05. The fourth-order valence-corrected chi connectivity index (χ4v) is 4.15. The molecule has 1 heterocycles. The minimum Gasteiger partial charge on any atom is -0.392 e. The molecule has 3 heteroatoms. The van der Waals surface area contributed by atoms with Gasteiger partial charge in [-0.1, -0.05) is 18.6 Å². The van der Waals surface area contributed by atoms with Crippen molar-refractivity contribution in [3.8, 4) is 0 Å². The van der Waals surface area contributed by atoms with E-state index in [0.29, 0.717) is 12.3 Å². The van der Waals surface area contributed by atoms with Gasteiger partial charge in [-0.05, 0) is 42.7 Å². The molecule has 1 N–H and O–H groups in total. The van der Waals surface area contributed by atoms with Crippen molar-refractivity contribution in [2.24, 2.45) is 24.8 Å².